The van der Waals surface area contributed by atoms with Crippen LogP contribution in [-0.4, -0.2) is 31.1 Å². The second-order valence-corrected chi connectivity index (χ2v) is 6.64. The number of amides is 3. The topological polar surface area (TPSA) is 82.3 Å². The number of urea groups is 1. The van der Waals surface area contributed by atoms with Crippen LogP contribution in [0.25, 0.3) is 0 Å². The number of carbonyl (C=O) groups excluding carboxylic acids is 2. The van der Waals surface area contributed by atoms with E-state index in [1.807, 2.05) is 0 Å². The van der Waals surface area contributed by atoms with Gasteiger partial charge in [0.2, 0.25) is 5.91 Å². The Balaban J connectivity index is 1.52. The van der Waals surface area contributed by atoms with E-state index < -0.39 is 29.6 Å². The highest BCUT2D eigenvalue weighted by Gasteiger charge is 2.38. The van der Waals surface area contributed by atoms with Crippen molar-refractivity contribution in [1.82, 2.24) is 10.6 Å². The minimum Gasteiger partial charge on any atom is -0.384 e. The highest BCUT2D eigenvalue weighted by molar-refractivity contribution is 5.95. The summed E-state index contributed by atoms with van der Waals surface area (Å²) in [6.45, 7) is 0.991. The number of hydrogen-bond donors (Lipinski definition) is 4. The van der Waals surface area contributed by atoms with Gasteiger partial charge in [0.1, 0.15) is 17.7 Å². The highest BCUT2D eigenvalue weighted by Crippen LogP contribution is 2.32. The third kappa shape index (κ3) is 3.42. The summed E-state index contributed by atoms with van der Waals surface area (Å²) in [5.74, 6) is -1.71. The van der Waals surface area contributed by atoms with Gasteiger partial charge in [-0.05, 0) is 47.9 Å². The van der Waals surface area contributed by atoms with E-state index in [1.54, 1.807) is 6.07 Å². The molecule has 2 aromatic carbocycles. The molecule has 6 nitrogen and oxygen atoms in total. The molecule has 140 valence electrons. The van der Waals surface area contributed by atoms with E-state index in [2.05, 4.69) is 21.3 Å². The number of rotatable bonds is 3. The molecular formula is C19H18F2N4O2. The summed E-state index contributed by atoms with van der Waals surface area (Å²) in [6, 6.07) is 6.95. The average Bonchev–Trinajstić information content (AvgIpc) is 3.23. The molecule has 2 aliphatic heterocycles. The van der Waals surface area contributed by atoms with Gasteiger partial charge in [0, 0.05) is 30.4 Å². The van der Waals surface area contributed by atoms with Crippen LogP contribution in [0, 0.1) is 11.6 Å². The van der Waals surface area contributed by atoms with Crippen molar-refractivity contribution in [3.63, 3.8) is 0 Å². The van der Waals surface area contributed by atoms with Crippen LogP contribution in [0.15, 0.2) is 36.4 Å². The van der Waals surface area contributed by atoms with E-state index in [0.29, 0.717) is 11.3 Å². The Morgan fingerprint density at radius 2 is 1.89 bits per heavy atom. The van der Waals surface area contributed by atoms with Crippen LogP contribution in [0.5, 0.6) is 0 Å². The minimum atomic E-state index is -0.896. The van der Waals surface area contributed by atoms with Gasteiger partial charge in [0.15, 0.2) is 0 Å². The molecule has 4 N–H and O–H groups in total. The quantitative estimate of drug-likeness (QED) is 0.668. The Hall–Kier alpha value is -3.16. The third-order valence-electron chi connectivity index (χ3n) is 4.90. The molecule has 2 aliphatic rings. The van der Waals surface area contributed by atoms with Crippen molar-refractivity contribution >= 4 is 23.3 Å². The lowest BCUT2D eigenvalue weighted by molar-refractivity contribution is -0.120. The zero-order chi connectivity index (χ0) is 19.0. The van der Waals surface area contributed by atoms with E-state index in [-0.39, 0.29) is 12.5 Å². The zero-order valence-corrected chi connectivity index (χ0v) is 14.3. The van der Waals surface area contributed by atoms with Crippen molar-refractivity contribution in [3.05, 3.63) is 59.2 Å². The van der Waals surface area contributed by atoms with Gasteiger partial charge in [-0.1, -0.05) is 6.07 Å². The van der Waals surface area contributed by atoms with Gasteiger partial charge < -0.3 is 21.3 Å². The first-order chi connectivity index (χ1) is 13.0. The molecular weight excluding hydrogens is 354 g/mol. The lowest BCUT2D eigenvalue weighted by Gasteiger charge is -2.20. The fourth-order valence-corrected chi connectivity index (χ4v) is 3.54. The molecule has 4 rings (SSSR count). The van der Waals surface area contributed by atoms with Crippen LogP contribution in [0.1, 0.15) is 17.0 Å². The maximum Gasteiger partial charge on any atom is 0.319 e. The first-order valence-corrected chi connectivity index (χ1v) is 8.68. The average molecular weight is 372 g/mol. The van der Waals surface area contributed by atoms with Crippen molar-refractivity contribution in [1.29, 1.82) is 0 Å². The second-order valence-electron chi connectivity index (χ2n) is 6.64. The molecule has 8 heteroatoms. The molecule has 0 aromatic heterocycles. The molecule has 0 bridgehead atoms. The molecule has 0 unspecified atom stereocenters. The van der Waals surface area contributed by atoms with Crippen LogP contribution in [0.2, 0.25) is 0 Å². The Labute approximate surface area is 154 Å². The standard InChI is InChI=1S/C19H18F2N4O2/c20-11-1-3-12(4-2-11)24-19(27)25-17-14(9-23-18(17)26)13-7-10-5-6-22-16(10)8-15(13)21/h1-4,7-8,14,17,22H,5-6,9H2,(H,23,26)(H2,24,25,27)/t14-,17-/m0/s1. The lowest BCUT2D eigenvalue weighted by Crippen LogP contribution is -2.44. The maximum absolute atomic E-state index is 14.6. The van der Waals surface area contributed by atoms with E-state index >= 15 is 0 Å². The minimum absolute atomic E-state index is 0.240. The summed E-state index contributed by atoms with van der Waals surface area (Å²) in [6.07, 6.45) is 0.792. The van der Waals surface area contributed by atoms with Crippen molar-refractivity contribution < 1.29 is 18.4 Å². The zero-order valence-electron chi connectivity index (χ0n) is 14.3. The van der Waals surface area contributed by atoms with Crippen molar-refractivity contribution in [3.8, 4) is 0 Å². The first kappa shape index (κ1) is 17.3. The molecule has 0 spiro atoms. The van der Waals surface area contributed by atoms with Gasteiger partial charge in [0.25, 0.3) is 0 Å². The molecule has 2 aromatic rings. The van der Waals surface area contributed by atoms with Crippen LogP contribution >= 0.6 is 0 Å². The smallest absolute Gasteiger partial charge is 0.319 e. The van der Waals surface area contributed by atoms with E-state index in [1.165, 1.54) is 30.3 Å². The van der Waals surface area contributed by atoms with E-state index in [9.17, 15) is 18.4 Å². The number of anilines is 2. The van der Waals surface area contributed by atoms with Crippen molar-refractivity contribution in [2.45, 2.75) is 18.4 Å². The summed E-state index contributed by atoms with van der Waals surface area (Å²) in [5, 5.41) is 10.9. The molecule has 0 radical (unpaired) electrons. The Bertz CT molecular complexity index is 901. The molecule has 27 heavy (non-hydrogen) atoms. The normalized spacial score (nSPS) is 20.6. The number of fused-ring (bicyclic) bond motifs is 1. The summed E-state index contributed by atoms with van der Waals surface area (Å²) >= 11 is 0. The number of benzene rings is 2. The molecule has 3 amide bonds. The number of nitrogens with one attached hydrogen (secondary N) is 4. The summed E-state index contributed by atoms with van der Waals surface area (Å²) < 4.78 is 27.5. The van der Waals surface area contributed by atoms with Gasteiger partial charge in [0.05, 0.1) is 0 Å². The SMILES string of the molecule is O=C(Nc1ccc(F)cc1)N[C@@H]1C(=O)NC[C@H]1c1cc2c(cc1F)NCC2. The molecule has 1 fully saturated rings. The summed E-state index contributed by atoms with van der Waals surface area (Å²) in [5.41, 5.74) is 2.56. The monoisotopic (exact) mass is 372 g/mol. The number of carbonyl (C=O) groups is 2. The fourth-order valence-electron chi connectivity index (χ4n) is 3.54. The molecule has 0 aliphatic carbocycles. The van der Waals surface area contributed by atoms with Crippen LogP contribution in [0.3, 0.4) is 0 Å². The summed E-state index contributed by atoms with van der Waals surface area (Å²) in [4.78, 5) is 24.4. The van der Waals surface area contributed by atoms with Crippen LogP contribution in [-0.2, 0) is 11.2 Å². The largest absolute Gasteiger partial charge is 0.384 e. The Morgan fingerprint density at radius 1 is 1.11 bits per heavy atom. The van der Waals surface area contributed by atoms with Crippen molar-refractivity contribution in [2.24, 2.45) is 0 Å². The Kier molecular flexibility index (Phi) is 4.39. The van der Waals surface area contributed by atoms with Crippen LogP contribution < -0.4 is 21.3 Å². The van der Waals surface area contributed by atoms with Crippen molar-refractivity contribution in [2.75, 3.05) is 23.7 Å². The predicted octanol–water partition coefficient (Wildman–Crippen LogP) is 2.34. The Morgan fingerprint density at radius 3 is 2.67 bits per heavy atom. The van der Waals surface area contributed by atoms with Gasteiger partial charge in [-0.3, -0.25) is 4.79 Å². The van der Waals surface area contributed by atoms with E-state index in [4.69, 9.17) is 0 Å². The molecule has 1 saturated heterocycles. The fraction of sp³-hybridized carbons (Fsp3) is 0.263. The second kappa shape index (κ2) is 6.86. The van der Waals surface area contributed by atoms with Gasteiger partial charge in [-0.2, -0.15) is 0 Å². The predicted molar refractivity (Wildman–Crippen MR) is 96.7 cm³/mol. The van der Waals surface area contributed by atoms with Gasteiger partial charge >= 0.3 is 6.03 Å². The maximum atomic E-state index is 14.6. The van der Waals surface area contributed by atoms with Gasteiger partial charge in [-0.15, -0.1) is 0 Å². The molecule has 2 heterocycles. The number of halogens is 2. The molecule has 2 atom stereocenters. The lowest BCUT2D eigenvalue weighted by atomic mass is 9.91. The first-order valence-electron chi connectivity index (χ1n) is 8.68. The molecule has 0 saturated carbocycles. The number of hydrogen-bond acceptors (Lipinski definition) is 3. The van der Waals surface area contributed by atoms with E-state index in [0.717, 1.165) is 24.2 Å². The van der Waals surface area contributed by atoms with Gasteiger partial charge in [-0.25, -0.2) is 13.6 Å². The summed E-state index contributed by atoms with van der Waals surface area (Å²) in [7, 11) is 0. The van der Waals surface area contributed by atoms with Crippen LogP contribution in [0.4, 0.5) is 25.0 Å². The highest BCUT2D eigenvalue weighted by atomic mass is 19.1. The third-order valence-corrected chi connectivity index (χ3v) is 4.90.